The number of hydrogen-bond acceptors (Lipinski definition) is 2. The highest BCUT2D eigenvalue weighted by atomic mass is 19.2. The predicted octanol–water partition coefficient (Wildman–Crippen LogP) is 3.40. The van der Waals surface area contributed by atoms with E-state index in [0.29, 0.717) is 0 Å². The number of carbonyl (C=O) groups excluding carboxylic acids is 1. The van der Waals surface area contributed by atoms with Crippen LogP contribution in [0.1, 0.15) is 15.9 Å². The number of aryl methyl sites for hydroxylation is 1. The Morgan fingerprint density at radius 3 is 2.67 bits per heavy atom. The Labute approximate surface area is 137 Å². The predicted molar refractivity (Wildman–Crippen MR) is 87.0 cm³/mol. The van der Waals surface area contributed by atoms with Crippen molar-refractivity contribution < 1.29 is 18.3 Å². The lowest BCUT2D eigenvalue weighted by molar-refractivity contribution is 0.0950. The highest BCUT2D eigenvalue weighted by Gasteiger charge is 2.12. The smallest absolute Gasteiger partial charge is 0.251 e. The summed E-state index contributed by atoms with van der Waals surface area (Å²) in [4.78, 5) is 12.1. The minimum Gasteiger partial charge on any atom is -0.497 e. The van der Waals surface area contributed by atoms with Crippen molar-refractivity contribution in [1.82, 2.24) is 9.88 Å². The van der Waals surface area contributed by atoms with Crippen LogP contribution in [0, 0.1) is 11.6 Å². The summed E-state index contributed by atoms with van der Waals surface area (Å²) >= 11 is 0. The fourth-order valence-electron chi connectivity index (χ4n) is 2.64. The maximum absolute atomic E-state index is 13.2. The molecule has 3 rings (SSSR count). The lowest BCUT2D eigenvalue weighted by atomic mass is 10.1. The second-order valence-electron chi connectivity index (χ2n) is 5.46. The highest BCUT2D eigenvalue weighted by molar-refractivity contribution is 5.94. The minimum atomic E-state index is -1.04. The quantitative estimate of drug-likeness (QED) is 0.797. The van der Waals surface area contributed by atoms with Gasteiger partial charge in [0.2, 0.25) is 0 Å². The van der Waals surface area contributed by atoms with Crippen LogP contribution < -0.4 is 10.1 Å². The third-order valence-corrected chi connectivity index (χ3v) is 3.90. The number of halogens is 2. The highest BCUT2D eigenvalue weighted by Crippen LogP contribution is 2.25. The molecule has 0 saturated carbocycles. The summed E-state index contributed by atoms with van der Waals surface area (Å²) in [5, 5.41) is 3.68. The Hall–Kier alpha value is -2.89. The number of methoxy groups -OCH3 is 1. The molecular weight excluding hydrogens is 314 g/mol. The van der Waals surface area contributed by atoms with Crippen molar-refractivity contribution in [3.05, 3.63) is 65.4 Å². The number of aromatic nitrogens is 1. The van der Waals surface area contributed by atoms with Gasteiger partial charge < -0.3 is 14.6 Å². The molecule has 0 atom stereocenters. The van der Waals surface area contributed by atoms with Gasteiger partial charge in [-0.1, -0.05) is 0 Å². The lowest BCUT2D eigenvalue weighted by Gasteiger charge is -2.06. The van der Waals surface area contributed by atoms with Crippen molar-refractivity contribution in [3.63, 3.8) is 0 Å². The summed E-state index contributed by atoms with van der Waals surface area (Å²) in [7, 11) is 3.50. The molecule has 0 aliphatic rings. The van der Waals surface area contributed by atoms with Crippen LogP contribution in [-0.4, -0.2) is 17.6 Å². The van der Waals surface area contributed by atoms with Crippen LogP contribution in [0.5, 0.6) is 5.75 Å². The molecule has 0 radical (unpaired) electrons. The van der Waals surface area contributed by atoms with Gasteiger partial charge in [0.25, 0.3) is 5.91 Å². The first-order valence-corrected chi connectivity index (χ1v) is 7.35. The zero-order valence-corrected chi connectivity index (χ0v) is 13.3. The van der Waals surface area contributed by atoms with Gasteiger partial charge >= 0.3 is 0 Å². The molecule has 0 bridgehead atoms. The fraction of sp³-hybridized carbons (Fsp3) is 0.167. The number of ether oxygens (including phenoxy) is 1. The van der Waals surface area contributed by atoms with Crippen LogP contribution in [0.15, 0.2) is 42.6 Å². The number of carbonyl (C=O) groups is 1. The van der Waals surface area contributed by atoms with E-state index >= 15 is 0 Å². The molecule has 124 valence electrons. The third kappa shape index (κ3) is 2.95. The molecular formula is C18H16F2N2O2. The van der Waals surface area contributed by atoms with Crippen LogP contribution in [0.4, 0.5) is 8.78 Å². The summed E-state index contributed by atoms with van der Waals surface area (Å²) in [6.45, 7) is 0.266. The van der Waals surface area contributed by atoms with Gasteiger partial charge in [-0.2, -0.15) is 0 Å². The average molecular weight is 330 g/mol. The van der Waals surface area contributed by atoms with Gasteiger partial charge in [0.15, 0.2) is 11.6 Å². The molecule has 0 unspecified atom stereocenters. The van der Waals surface area contributed by atoms with E-state index in [9.17, 15) is 13.6 Å². The van der Waals surface area contributed by atoms with Crippen LogP contribution >= 0.6 is 0 Å². The van der Waals surface area contributed by atoms with Crippen molar-refractivity contribution >= 4 is 16.8 Å². The Kier molecular flexibility index (Phi) is 4.20. The molecule has 0 aliphatic heterocycles. The van der Waals surface area contributed by atoms with Crippen molar-refractivity contribution in [2.24, 2.45) is 7.05 Å². The number of benzene rings is 2. The maximum Gasteiger partial charge on any atom is 0.251 e. The molecule has 0 aliphatic carbocycles. The topological polar surface area (TPSA) is 43.3 Å². The first-order valence-electron chi connectivity index (χ1n) is 7.35. The Bertz CT molecular complexity index is 919. The molecule has 1 amide bonds. The lowest BCUT2D eigenvalue weighted by Crippen LogP contribution is -2.22. The molecule has 24 heavy (non-hydrogen) atoms. The van der Waals surface area contributed by atoms with Gasteiger partial charge in [-0.25, -0.2) is 8.78 Å². The summed E-state index contributed by atoms with van der Waals surface area (Å²) < 4.78 is 33.4. The number of amides is 1. The van der Waals surface area contributed by atoms with Crippen LogP contribution in [0.3, 0.4) is 0 Å². The van der Waals surface area contributed by atoms with Crippen LogP contribution in [-0.2, 0) is 13.6 Å². The molecule has 0 spiro atoms. The number of nitrogens with one attached hydrogen (secondary N) is 1. The van der Waals surface area contributed by atoms with E-state index in [1.807, 2.05) is 36.0 Å². The third-order valence-electron chi connectivity index (χ3n) is 3.90. The first kappa shape index (κ1) is 16.0. The van der Waals surface area contributed by atoms with Gasteiger partial charge in [0.05, 0.1) is 7.11 Å². The molecule has 0 fully saturated rings. The molecule has 2 aromatic carbocycles. The van der Waals surface area contributed by atoms with Gasteiger partial charge in [-0.15, -0.1) is 0 Å². The van der Waals surface area contributed by atoms with Crippen molar-refractivity contribution in [1.29, 1.82) is 0 Å². The Morgan fingerprint density at radius 2 is 1.96 bits per heavy atom. The molecule has 3 aromatic rings. The largest absolute Gasteiger partial charge is 0.497 e. The number of hydrogen-bond donors (Lipinski definition) is 1. The SMILES string of the molecule is COc1ccc2c(c1)c(CNC(=O)c1ccc(F)c(F)c1)cn2C. The van der Waals surface area contributed by atoms with E-state index in [1.54, 1.807) is 7.11 Å². The van der Waals surface area contributed by atoms with Crippen molar-refractivity contribution in [2.75, 3.05) is 7.11 Å². The van der Waals surface area contributed by atoms with E-state index < -0.39 is 17.5 Å². The van der Waals surface area contributed by atoms with Crippen molar-refractivity contribution in [2.45, 2.75) is 6.54 Å². The summed E-state index contributed by atoms with van der Waals surface area (Å²) in [5.74, 6) is -1.76. The molecule has 1 N–H and O–H groups in total. The van der Waals surface area contributed by atoms with Crippen LogP contribution in [0.25, 0.3) is 10.9 Å². The van der Waals surface area contributed by atoms with Gasteiger partial charge in [-0.05, 0) is 42.0 Å². The van der Waals surface area contributed by atoms with Gasteiger partial charge in [-0.3, -0.25) is 4.79 Å². The van der Waals surface area contributed by atoms with Crippen molar-refractivity contribution in [3.8, 4) is 5.75 Å². The Morgan fingerprint density at radius 1 is 1.17 bits per heavy atom. The molecule has 6 heteroatoms. The second kappa shape index (κ2) is 6.31. The number of nitrogens with zero attached hydrogens (tertiary/aromatic N) is 1. The minimum absolute atomic E-state index is 0.0757. The fourth-order valence-corrected chi connectivity index (χ4v) is 2.64. The zero-order chi connectivity index (χ0) is 17.3. The Balaban J connectivity index is 1.82. The number of fused-ring (bicyclic) bond motifs is 1. The number of rotatable bonds is 4. The van der Waals surface area contributed by atoms with Gasteiger partial charge in [0, 0.05) is 36.3 Å². The summed E-state index contributed by atoms with van der Waals surface area (Å²) in [6, 6.07) is 8.78. The summed E-state index contributed by atoms with van der Waals surface area (Å²) in [6.07, 6.45) is 1.91. The average Bonchev–Trinajstić information content (AvgIpc) is 2.90. The molecule has 1 heterocycles. The second-order valence-corrected chi connectivity index (χ2v) is 5.46. The van der Waals surface area contributed by atoms with E-state index in [1.165, 1.54) is 6.07 Å². The van der Waals surface area contributed by atoms with E-state index in [-0.39, 0.29) is 12.1 Å². The van der Waals surface area contributed by atoms with E-state index in [4.69, 9.17) is 4.74 Å². The monoisotopic (exact) mass is 330 g/mol. The maximum atomic E-state index is 13.2. The molecule has 0 saturated heterocycles. The van der Waals surface area contributed by atoms with E-state index in [2.05, 4.69) is 5.32 Å². The first-order chi connectivity index (χ1) is 11.5. The van der Waals surface area contributed by atoms with Gasteiger partial charge in [0.1, 0.15) is 5.75 Å². The molecule has 4 nitrogen and oxygen atoms in total. The summed E-state index contributed by atoms with van der Waals surface area (Å²) in [5.41, 5.74) is 1.99. The van der Waals surface area contributed by atoms with Crippen LogP contribution in [0.2, 0.25) is 0 Å². The van der Waals surface area contributed by atoms with E-state index in [0.717, 1.165) is 34.3 Å². The zero-order valence-electron chi connectivity index (χ0n) is 13.3. The standard InChI is InChI=1S/C18H16F2N2O2/c1-22-10-12(14-8-13(24-2)4-6-17(14)22)9-21-18(23)11-3-5-15(19)16(20)7-11/h3-8,10H,9H2,1-2H3,(H,21,23). The molecule has 1 aromatic heterocycles. The normalized spacial score (nSPS) is 10.8.